The van der Waals surface area contributed by atoms with Crippen molar-refractivity contribution in [1.29, 1.82) is 0 Å². The second-order valence-corrected chi connectivity index (χ2v) is 19.9. The summed E-state index contributed by atoms with van der Waals surface area (Å²) in [4.78, 5) is 0. The first kappa shape index (κ1) is 15.6. The molecule has 0 bridgehead atoms. The zero-order valence-corrected chi connectivity index (χ0v) is 14.7. The Hall–Kier alpha value is 0.571. The molecule has 0 fully saturated rings. The van der Waals surface area contributed by atoms with E-state index in [4.69, 9.17) is 8.54 Å². The van der Waals surface area contributed by atoms with Crippen LogP contribution >= 0.6 is 0 Å². The average molecular weight is 265 g/mol. The van der Waals surface area contributed by atoms with E-state index in [2.05, 4.69) is 45.8 Å². The lowest BCUT2D eigenvalue weighted by atomic mass is 10.9. The van der Waals surface area contributed by atoms with E-state index in [1.807, 2.05) is 7.11 Å². The van der Waals surface area contributed by atoms with Gasteiger partial charge in [0, 0.05) is 7.11 Å². The normalized spacial score (nSPS) is 14.4. The van der Waals surface area contributed by atoms with E-state index >= 15 is 0 Å². The summed E-state index contributed by atoms with van der Waals surface area (Å²) in [6, 6.07) is 2.47. The third-order valence-electron chi connectivity index (χ3n) is 2.46. The van der Waals surface area contributed by atoms with Crippen LogP contribution in [0.1, 0.15) is 0 Å². The van der Waals surface area contributed by atoms with Gasteiger partial charge in [-0.05, 0) is 57.9 Å². The van der Waals surface area contributed by atoms with Gasteiger partial charge >= 0.3 is 0 Å². The molecule has 5 heteroatoms. The minimum Gasteiger partial charge on any atom is -0.456 e. The van der Waals surface area contributed by atoms with Gasteiger partial charge in [0.15, 0.2) is 25.0 Å². The van der Waals surface area contributed by atoms with Crippen LogP contribution in [0.3, 0.4) is 0 Å². The first-order chi connectivity index (χ1) is 6.47. The maximum atomic E-state index is 6.31. The molecule has 0 aliphatic rings. The highest BCUT2D eigenvalue weighted by molar-refractivity contribution is 6.85. The van der Waals surface area contributed by atoms with E-state index in [0.29, 0.717) is 0 Å². The molecule has 0 aromatic rings. The van der Waals surface area contributed by atoms with E-state index in [0.717, 1.165) is 0 Å². The fourth-order valence-corrected chi connectivity index (χ4v) is 13.6. The first-order valence-electron chi connectivity index (χ1n) is 5.73. The molecule has 0 N–H and O–H groups in total. The summed E-state index contributed by atoms with van der Waals surface area (Å²) in [6.45, 7) is 16.1. The Balaban J connectivity index is 4.16. The van der Waals surface area contributed by atoms with Gasteiger partial charge in [0.25, 0.3) is 0 Å². The number of hydrogen-bond acceptors (Lipinski definition) is 2. The van der Waals surface area contributed by atoms with Crippen molar-refractivity contribution in [3.8, 4) is 0 Å². The summed E-state index contributed by atoms with van der Waals surface area (Å²) in [6.07, 6.45) is 0. The Kier molecular flexibility index (Phi) is 5.47. The largest absolute Gasteiger partial charge is 0.456 e. The van der Waals surface area contributed by atoms with Crippen molar-refractivity contribution in [3.05, 3.63) is 0 Å². The van der Waals surface area contributed by atoms with E-state index < -0.39 is 25.0 Å². The maximum absolute atomic E-state index is 6.31. The Morgan fingerprint density at radius 1 is 0.733 bits per heavy atom. The zero-order chi connectivity index (χ0) is 12.3. The molecule has 0 aromatic carbocycles. The third-order valence-corrected chi connectivity index (χ3v) is 11.6. The van der Waals surface area contributed by atoms with Gasteiger partial charge < -0.3 is 8.54 Å². The van der Waals surface area contributed by atoms with Crippen LogP contribution in [0.4, 0.5) is 0 Å². The van der Waals surface area contributed by atoms with Gasteiger partial charge in [-0.25, -0.2) is 0 Å². The van der Waals surface area contributed by atoms with Crippen molar-refractivity contribution in [2.75, 3.05) is 7.11 Å². The summed E-state index contributed by atoms with van der Waals surface area (Å²) >= 11 is 0. The molecule has 15 heavy (non-hydrogen) atoms. The van der Waals surface area contributed by atoms with E-state index in [-0.39, 0.29) is 0 Å². The molecule has 0 amide bonds. The Bertz CT molecular complexity index is 197. The fraction of sp³-hybridized carbons (Fsp3) is 1.00. The standard InChI is InChI=1S/C10H28O2Si3/c1-11-14(5,6)9-10-15(7,8)12-13(2,3)4/h9-10H2,1-8H3. The van der Waals surface area contributed by atoms with Crippen LogP contribution in [-0.2, 0) is 8.54 Å². The number of hydrogen-bond donors (Lipinski definition) is 0. The lowest BCUT2D eigenvalue weighted by Gasteiger charge is -2.33. The van der Waals surface area contributed by atoms with E-state index in [9.17, 15) is 0 Å². The Morgan fingerprint density at radius 2 is 1.13 bits per heavy atom. The molecule has 0 saturated heterocycles. The van der Waals surface area contributed by atoms with Crippen molar-refractivity contribution < 1.29 is 8.54 Å². The highest BCUT2D eigenvalue weighted by Gasteiger charge is 2.32. The molecule has 0 spiro atoms. The van der Waals surface area contributed by atoms with Gasteiger partial charge in [-0.3, -0.25) is 0 Å². The Morgan fingerprint density at radius 3 is 1.47 bits per heavy atom. The summed E-state index contributed by atoms with van der Waals surface area (Å²) in [7, 11) is -2.36. The van der Waals surface area contributed by atoms with Gasteiger partial charge in [0.1, 0.15) is 0 Å². The topological polar surface area (TPSA) is 18.5 Å². The van der Waals surface area contributed by atoms with Crippen molar-refractivity contribution in [2.24, 2.45) is 0 Å². The lowest BCUT2D eigenvalue weighted by Crippen LogP contribution is -2.43. The molecule has 0 unspecified atom stereocenters. The van der Waals surface area contributed by atoms with Crippen molar-refractivity contribution in [3.63, 3.8) is 0 Å². The molecule has 2 nitrogen and oxygen atoms in total. The van der Waals surface area contributed by atoms with Gasteiger partial charge in [0.2, 0.25) is 0 Å². The summed E-state index contributed by atoms with van der Waals surface area (Å²) < 4.78 is 11.9. The highest BCUT2D eigenvalue weighted by Crippen LogP contribution is 2.24. The molecule has 0 atom stereocenters. The SMILES string of the molecule is CO[Si](C)(C)CC[Si](C)(C)O[Si](C)(C)C. The summed E-state index contributed by atoms with van der Waals surface area (Å²) in [5.41, 5.74) is 0. The van der Waals surface area contributed by atoms with Crippen molar-refractivity contribution in [1.82, 2.24) is 0 Å². The zero-order valence-electron chi connectivity index (χ0n) is 11.7. The van der Waals surface area contributed by atoms with E-state index in [1.54, 1.807) is 0 Å². The van der Waals surface area contributed by atoms with E-state index in [1.165, 1.54) is 12.1 Å². The molecule has 92 valence electrons. The molecule has 0 aliphatic carbocycles. The quantitative estimate of drug-likeness (QED) is 0.678. The maximum Gasteiger partial charge on any atom is 0.186 e. The van der Waals surface area contributed by atoms with Crippen molar-refractivity contribution in [2.45, 2.75) is 57.9 Å². The van der Waals surface area contributed by atoms with Crippen LogP contribution in [0.2, 0.25) is 57.9 Å². The molecule has 0 aliphatic heterocycles. The fourth-order valence-electron chi connectivity index (χ4n) is 1.58. The first-order valence-corrected chi connectivity index (χ1v) is 15.4. The predicted octanol–water partition coefficient (Wildman–Crippen LogP) is 3.89. The van der Waals surface area contributed by atoms with Crippen LogP contribution < -0.4 is 0 Å². The van der Waals surface area contributed by atoms with Gasteiger partial charge in [0.05, 0.1) is 0 Å². The van der Waals surface area contributed by atoms with Crippen molar-refractivity contribution >= 4 is 25.0 Å². The van der Waals surface area contributed by atoms with Crippen LogP contribution in [0.15, 0.2) is 0 Å². The second-order valence-electron chi connectivity index (χ2n) is 6.44. The van der Waals surface area contributed by atoms with Crippen LogP contribution in [0.5, 0.6) is 0 Å². The monoisotopic (exact) mass is 264 g/mol. The van der Waals surface area contributed by atoms with Gasteiger partial charge in [-0.15, -0.1) is 0 Å². The Labute approximate surface area is 98.8 Å². The number of rotatable bonds is 6. The molecule has 0 radical (unpaired) electrons. The second kappa shape index (κ2) is 5.27. The molecular weight excluding hydrogens is 236 g/mol. The minimum absolute atomic E-state index is 1.23. The molecular formula is C10H28O2Si3. The summed E-state index contributed by atoms with van der Waals surface area (Å²) in [5.74, 6) is 0. The highest BCUT2D eigenvalue weighted by atomic mass is 28.4. The molecule has 0 aromatic heterocycles. The lowest BCUT2D eigenvalue weighted by molar-refractivity contribution is 0.404. The molecule has 0 rings (SSSR count). The third kappa shape index (κ3) is 8.39. The minimum atomic E-state index is -1.45. The van der Waals surface area contributed by atoms with Gasteiger partial charge in [-0.1, -0.05) is 0 Å². The van der Waals surface area contributed by atoms with Gasteiger partial charge in [-0.2, -0.15) is 0 Å². The summed E-state index contributed by atoms with van der Waals surface area (Å²) in [5, 5.41) is 0. The predicted molar refractivity (Wildman–Crippen MR) is 76.0 cm³/mol. The smallest absolute Gasteiger partial charge is 0.186 e. The molecule has 0 saturated carbocycles. The average Bonchev–Trinajstić information content (AvgIpc) is 1.97. The van der Waals surface area contributed by atoms with Crippen LogP contribution in [0, 0.1) is 0 Å². The molecule has 0 heterocycles. The van der Waals surface area contributed by atoms with Crippen LogP contribution in [0.25, 0.3) is 0 Å². The van der Waals surface area contributed by atoms with Crippen LogP contribution in [-0.4, -0.2) is 32.1 Å².